The predicted octanol–water partition coefficient (Wildman–Crippen LogP) is 1.34. The van der Waals surface area contributed by atoms with Gasteiger partial charge in [-0.15, -0.1) is 0 Å². The smallest absolute Gasteiger partial charge is 0.306 e. The Hall–Kier alpha value is -1.06. The van der Waals surface area contributed by atoms with Gasteiger partial charge in [0.05, 0.1) is 11.6 Å². The van der Waals surface area contributed by atoms with Crippen molar-refractivity contribution in [3.63, 3.8) is 0 Å². The standard InChI is InChI=1S/C8H13NO3/c1-5-2-6(8(10)11)4-7(3-5)9-12/h5-6,12H,2-4H2,1H3,(H,10,11)/b9-7-. The molecule has 0 saturated heterocycles. The van der Waals surface area contributed by atoms with Crippen molar-refractivity contribution in [3.8, 4) is 0 Å². The van der Waals surface area contributed by atoms with Gasteiger partial charge >= 0.3 is 5.97 Å². The minimum atomic E-state index is -0.789. The Bertz CT molecular complexity index is 212. The van der Waals surface area contributed by atoms with Crippen LogP contribution in [0.15, 0.2) is 5.16 Å². The lowest BCUT2D eigenvalue weighted by molar-refractivity contribution is -0.142. The summed E-state index contributed by atoms with van der Waals surface area (Å²) in [5.74, 6) is -0.840. The van der Waals surface area contributed by atoms with E-state index in [9.17, 15) is 4.79 Å². The first-order valence-corrected chi connectivity index (χ1v) is 4.06. The highest BCUT2D eigenvalue weighted by atomic mass is 16.4. The Morgan fingerprint density at radius 1 is 1.58 bits per heavy atom. The van der Waals surface area contributed by atoms with Crippen molar-refractivity contribution in [3.05, 3.63) is 0 Å². The van der Waals surface area contributed by atoms with Gasteiger partial charge in [0, 0.05) is 6.42 Å². The zero-order chi connectivity index (χ0) is 9.14. The number of nitrogens with zero attached hydrogens (tertiary/aromatic N) is 1. The number of hydrogen-bond donors (Lipinski definition) is 2. The number of hydrogen-bond acceptors (Lipinski definition) is 3. The van der Waals surface area contributed by atoms with Crippen LogP contribution in [-0.4, -0.2) is 22.0 Å². The van der Waals surface area contributed by atoms with E-state index >= 15 is 0 Å². The fraction of sp³-hybridized carbons (Fsp3) is 0.750. The van der Waals surface area contributed by atoms with Gasteiger partial charge in [-0.1, -0.05) is 12.1 Å². The van der Waals surface area contributed by atoms with Crippen LogP contribution in [0.3, 0.4) is 0 Å². The largest absolute Gasteiger partial charge is 0.481 e. The minimum absolute atomic E-state index is 0.311. The van der Waals surface area contributed by atoms with Crippen molar-refractivity contribution in [1.82, 2.24) is 0 Å². The molecule has 0 heterocycles. The Morgan fingerprint density at radius 3 is 2.75 bits per heavy atom. The zero-order valence-electron chi connectivity index (χ0n) is 7.03. The molecule has 0 bridgehead atoms. The molecule has 1 rings (SSSR count). The highest BCUT2D eigenvalue weighted by Crippen LogP contribution is 2.26. The van der Waals surface area contributed by atoms with E-state index in [1.54, 1.807) is 0 Å². The maximum Gasteiger partial charge on any atom is 0.306 e. The number of rotatable bonds is 1. The molecule has 0 aromatic carbocycles. The van der Waals surface area contributed by atoms with E-state index in [4.69, 9.17) is 10.3 Å². The number of carboxylic acids is 1. The molecule has 2 unspecified atom stereocenters. The molecule has 0 aromatic rings. The number of oxime groups is 1. The van der Waals surface area contributed by atoms with Crippen LogP contribution in [-0.2, 0) is 4.79 Å². The monoisotopic (exact) mass is 171 g/mol. The van der Waals surface area contributed by atoms with Crippen LogP contribution in [0.25, 0.3) is 0 Å². The fourth-order valence-corrected chi connectivity index (χ4v) is 1.69. The Kier molecular flexibility index (Phi) is 2.68. The summed E-state index contributed by atoms with van der Waals surface area (Å²) in [6.07, 6.45) is 1.81. The van der Waals surface area contributed by atoms with Gasteiger partial charge in [0.1, 0.15) is 0 Å². The van der Waals surface area contributed by atoms with Crippen molar-refractivity contribution in [2.45, 2.75) is 26.2 Å². The van der Waals surface area contributed by atoms with E-state index in [1.807, 2.05) is 6.92 Å². The summed E-state index contributed by atoms with van der Waals surface area (Å²) < 4.78 is 0. The molecular formula is C8H13NO3. The maximum absolute atomic E-state index is 10.6. The van der Waals surface area contributed by atoms with Gasteiger partial charge in [-0.05, 0) is 18.8 Å². The average molecular weight is 171 g/mol. The molecule has 12 heavy (non-hydrogen) atoms. The van der Waals surface area contributed by atoms with Gasteiger partial charge in [0.2, 0.25) is 0 Å². The van der Waals surface area contributed by atoms with E-state index in [2.05, 4.69) is 5.16 Å². The molecule has 1 aliphatic carbocycles. The molecule has 0 aromatic heterocycles. The summed E-state index contributed by atoms with van der Waals surface area (Å²) in [5, 5.41) is 20.3. The van der Waals surface area contributed by atoms with Gasteiger partial charge in [-0.2, -0.15) is 0 Å². The van der Waals surface area contributed by atoms with Crippen LogP contribution in [0.2, 0.25) is 0 Å². The molecule has 4 nitrogen and oxygen atoms in total. The summed E-state index contributed by atoms with van der Waals surface area (Å²) >= 11 is 0. The lowest BCUT2D eigenvalue weighted by Crippen LogP contribution is -2.26. The van der Waals surface area contributed by atoms with Gasteiger partial charge in [-0.25, -0.2) is 0 Å². The topological polar surface area (TPSA) is 69.9 Å². The molecule has 1 aliphatic rings. The second-order valence-electron chi connectivity index (χ2n) is 3.45. The third-order valence-electron chi connectivity index (χ3n) is 2.24. The van der Waals surface area contributed by atoms with E-state index < -0.39 is 5.97 Å². The SMILES string of the molecule is CC1C/C(=N/O)CC(C(=O)O)C1. The molecule has 4 heteroatoms. The van der Waals surface area contributed by atoms with Crippen LogP contribution < -0.4 is 0 Å². The lowest BCUT2D eigenvalue weighted by Gasteiger charge is -2.23. The first kappa shape index (κ1) is 9.03. The van der Waals surface area contributed by atoms with Crippen LogP contribution in [0.4, 0.5) is 0 Å². The fourth-order valence-electron chi connectivity index (χ4n) is 1.69. The molecule has 2 N–H and O–H groups in total. The Labute approximate surface area is 70.9 Å². The van der Waals surface area contributed by atoms with E-state index in [-0.39, 0.29) is 5.92 Å². The van der Waals surface area contributed by atoms with Crippen molar-refractivity contribution in [2.75, 3.05) is 0 Å². The predicted molar refractivity (Wildman–Crippen MR) is 43.4 cm³/mol. The van der Waals surface area contributed by atoms with Gasteiger partial charge in [-0.3, -0.25) is 4.79 Å². The maximum atomic E-state index is 10.6. The van der Waals surface area contributed by atoms with Crippen molar-refractivity contribution < 1.29 is 15.1 Å². The molecule has 0 amide bonds. The van der Waals surface area contributed by atoms with E-state index in [1.165, 1.54) is 0 Å². The summed E-state index contributed by atoms with van der Waals surface area (Å²) in [5.41, 5.74) is 0.612. The molecule has 0 radical (unpaired) electrons. The van der Waals surface area contributed by atoms with E-state index in [0.29, 0.717) is 24.5 Å². The molecule has 1 fully saturated rings. The van der Waals surface area contributed by atoms with Crippen LogP contribution in [0.5, 0.6) is 0 Å². The molecule has 1 saturated carbocycles. The minimum Gasteiger partial charge on any atom is -0.481 e. The Balaban J connectivity index is 2.63. The molecular weight excluding hydrogens is 158 g/mol. The third-order valence-corrected chi connectivity index (χ3v) is 2.24. The lowest BCUT2D eigenvalue weighted by atomic mass is 9.81. The highest BCUT2D eigenvalue weighted by molar-refractivity contribution is 5.89. The number of carbonyl (C=O) groups is 1. The van der Waals surface area contributed by atoms with Gasteiger partial charge < -0.3 is 10.3 Å². The van der Waals surface area contributed by atoms with E-state index in [0.717, 1.165) is 6.42 Å². The van der Waals surface area contributed by atoms with Gasteiger partial charge in [0.15, 0.2) is 0 Å². The summed E-state index contributed by atoms with van der Waals surface area (Å²) in [6.45, 7) is 1.97. The Morgan fingerprint density at radius 2 is 2.25 bits per heavy atom. The van der Waals surface area contributed by atoms with Crippen LogP contribution in [0.1, 0.15) is 26.2 Å². The quantitative estimate of drug-likeness (QED) is 0.462. The average Bonchev–Trinajstić information content (AvgIpc) is 2.03. The molecule has 2 atom stereocenters. The summed E-state index contributed by atoms with van der Waals surface area (Å²) in [4.78, 5) is 10.6. The normalized spacial score (nSPS) is 33.6. The van der Waals surface area contributed by atoms with Gasteiger partial charge in [0.25, 0.3) is 0 Å². The molecule has 0 spiro atoms. The third kappa shape index (κ3) is 1.96. The highest BCUT2D eigenvalue weighted by Gasteiger charge is 2.28. The molecule has 0 aliphatic heterocycles. The second kappa shape index (κ2) is 3.56. The summed E-state index contributed by atoms with van der Waals surface area (Å²) in [7, 11) is 0. The molecule has 68 valence electrons. The van der Waals surface area contributed by atoms with Crippen molar-refractivity contribution in [2.24, 2.45) is 17.0 Å². The number of carboxylic acid groups (broad SMARTS) is 1. The zero-order valence-corrected chi connectivity index (χ0v) is 7.03. The number of aliphatic carboxylic acids is 1. The second-order valence-corrected chi connectivity index (χ2v) is 3.45. The first-order chi connectivity index (χ1) is 5.63. The van der Waals surface area contributed by atoms with Crippen LogP contribution in [0, 0.1) is 11.8 Å². The van der Waals surface area contributed by atoms with Crippen molar-refractivity contribution in [1.29, 1.82) is 0 Å². The first-order valence-electron chi connectivity index (χ1n) is 4.06. The summed E-state index contributed by atoms with van der Waals surface area (Å²) in [6, 6.07) is 0. The van der Waals surface area contributed by atoms with Crippen molar-refractivity contribution >= 4 is 11.7 Å². The van der Waals surface area contributed by atoms with Crippen LogP contribution >= 0.6 is 0 Å².